The number of aliphatic hydroxyl groups excluding tert-OH is 1. The summed E-state index contributed by atoms with van der Waals surface area (Å²) in [6, 6.07) is -1.08. The third kappa shape index (κ3) is 3.47. The molecule has 3 aliphatic rings. The van der Waals surface area contributed by atoms with Crippen LogP contribution in [0.25, 0.3) is 0 Å². The van der Waals surface area contributed by atoms with Crippen molar-refractivity contribution in [2.75, 3.05) is 39.9 Å². The Hall–Kier alpha value is -2.13. The number of carbonyl (C=O) groups excluding carboxylic acids is 2. The number of nitrogens with zero attached hydrogens (tertiary/aromatic N) is 4. The molecule has 0 spiro atoms. The van der Waals surface area contributed by atoms with E-state index >= 15 is 0 Å². The minimum absolute atomic E-state index is 0.142. The van der Waals surface area contributed by atoms with Crippen LogP contribution >= 0.6 is 0 Å². The molecule has 138 valence electrons. The van der Waals surface area contributed by atoms with Crippen LogP contribution in [0, 0.1) is 0 Å². The van der Waals surface area contributed by atoms with Crippen molar-refractivity contribution in [1.29, 1.82) is 0 Å². The van der Waals surface area contributed by atoms with E-state index in [2.05, 4.69) is 21.8 Å². The Morgan fingerprint density at radius 1 is 1.44 bits per heavy atom. The Morgan fingerprint density at radius 2 is 2.16 bits per heavy atom. The van der Waals surface area contributed by atoms with Crippen LogP contribution in [-0.2, 0) is 9.53 Å². The second-order valence-electron chi connectivity index (χ2n) is 6.52. The highest BCUT2D eigenvalue weighted by Crippen LogP contribution is 2.27. The SMILES string of the molecule is C=CCOCC(O)CN1C(N2CCCC2)=NC2C1C(=O)NC(=O)N2C. The lowest BCUT2D eigenvalue weighted by molar-refractivity contribution is -0.127. The third-order valence-electron chi connectivity index (χ3n) is 4.68. The van der Waals surface area contributed by atoms with Gasteiger partial charge in [0.1, 0.15) is 0 Å². The molecule has 3 rings (SSSR count). The lowest BCUT2D eigenvalue weighted by Gasteiger charge is -2.37. The summed E-state index contributed by atoms with van der Waals surface area (Å²) >= 11 is 0. The van der Waals surface area contributed by atoms with Crippen molar-refractivity contribution in [2.45, 2.75) is 31.2 Å². The van der Waals surface area contributed by atoms with Gasteiger partial charge in [-0.05, 0) is 12.8 Å². The first-order valence-electron chi connectivity index (χ1n) is 8.56. The van der Waals surface area contributed by atoms with E-state index in [1.165, 1.54) is 4.90 Å². The van der Waals surface area contributed by atoms with Gasteiger partial charge in [0.25, 0.3) is 5.91 Å². The van der Waals surface area contributed by atoms with Gasteiger partial charge in [0.05, 0.1) is 19.3 Å². The molecule has 9 nitrogen and oxygen atoms in total. The van der Waals surface area contributed by atoms with Crippen molar-refractivity contribution < 1.29 is 19.4 Å². The summed E-state index contributed by atoms with van der Waals surface area (Å²) in [7, 11) is 1.62. The van der Waals surface area contributed by atoms with E-state index in [-0.39, 0.29) is 19.1 Å². The van der Waals surface area contributed by atoms with E-state index in [0.29, 0.717) is 12.6 Å². The number of carbonyl (C=O) groups is 2. The fourth-order valence-corrected chi connectivity index (χ4v) is 3.45. The van der Waals surface area contributed by atoms with Gasteiger partial charge in [-0.15, -0.1) is 6.58 Å². The molecule has 3 unspecified atom stereocenters. The predicted molar refractivity (Wildman–Crippen MR) is 90.8 cm³/mol. The largest absolute Gasteiger partial charge is 0.389 e. The highest BCUT2D eigenvalue weighted by molar-refractivity contribution is 6.03. The second-order valence-corrected chi connectivity index (χ2v) is 6.52. The van der Waals surface area contributed by atoms with Gasteiger partial charge < -0.3 is 24.5 Å². The fraction of sp³-hybridized carbons (Fsp3) is 0.688. The van der Waals surface area contributed by atoms with E-state index in [1.807, 2.05) is 0 Å². The molecule has 0 bridgehead atoms. The Kier molecular flexibility index (Phi) is 5.24. The quantitative estimate of drug-likeness (QED) is 0.480. The number of hydrogen-bond donors (Lipinski definition) is 2. The zero-order chi connectivity index (χ0) is 18.0. The molecule has 3 amide bonds. The Bertz CT molecular complexity index is 575. The zero-order valence-corrected chi connectivity index (χ0v) is 14.4. The zero-order valence-electron chi connectivity index (χ0n) is 14.4. The van der Waals surface area contributed by atoms with Crippen LogP contribution in [-0.4, -0.2) is 95.9 Å². The van der Waals surface area contributed by atoms with Crippen LogP contribution < -0.4 is 5.32 Å². The number of aliphatic imine (C=N–C) groups is 1. The van der Waals surface area contributed by atoms with Crippen molar-refractivity contribution in [3.8, 4) is 0 Å². The van der Waals surface area contributed by atoms with Crippen LogP contribution in [0.3, 0.4) is 0 Å². The lowest BCUT2D eigenvalue weighted by Crippen LogP contribution is -2.65. The molecular weight excluding hydrogens is 326 g/mol. The van der Waals surface area contributed by atoms with E-state index in [0.717, 1.165) is 25.9 Å². The smallest absolute Gasteiger partial charge is 0.325 e. The van der Waals surface area contributed by atoms with Crippen LogP contribution in [0.15, 0.2) is 17.6 Å². The number of fused-ring (bicyclic) bond motifs is 1. The molecule has 3 aliphatic heterocycles. The highest BCUT2D eigenvalue weighted by Gasteiger charge is 2.50. The molecule has 2 fully saturated rings. The molecule has 2 N–H and O–H groups in total. The number of likely N-dealkylation sites (tertiary alicyclic amines) is 1. The number of aliphatic hydroxyl groups is 1. The third-order valence-corrected chi connectivity index (χ3v) is 4.68. The number of likely N-dealkylation sites (N-methyl/N-ethyl adjacent to an activating group) is 1. The number of amides is 3. The van der Waals surface area contributed by atoms with Gasteiger partial charge in [-0.2, -0.15) is 0 Å². The monoisotopic (exact) mass is 351 g/mol. The Morgan fingerprint density at radius 3 is 2.84 bits per heavy atom. The van der Waals surface area contributed by atoms with Crippen molar-refractivity contribution in [1.82, 2.24) is 20.0 Å². The molecule has 0 saturated carbocycles. The van der Waals surface area contributed by atoms with E-state index in [1.54, 1.807) is 18.0 Å². The number of rotatable bonds is 6. The fourth-order valence-electron chi connectivity index (χ4n) is 3.45. The Balaban J connectivity index is 1.79. The maximum atomic E-state index is 12.4. The predicted octanol–water partition coefficient (Wildman–Crippen LogP) is -0.806. The summed E-state index contributed by atoms with van der Waals surface area (Å²) in [4.78, 5) is 34.3. The second kappa shape index (κ2) is 7.40. The number of nitrogens with one attached hydrogen (secondary N) is 1. The van der Waals surface area contributed by atoms with Crippen LogP contribution in [0.4, 0.5) is 4.79 Å². The molecule has 0 aromatic heterocycles. The highest BCUT2D eigenvalue weighted by atomic mass is 16.5. The van der Waals surface area contributed by atoms with Gasteiger partial charge in [-0.25, -0.2) is 9.79 Å². The van der Waals surface area contributed by atoms with Crippen LogP contribution in [0.5, 0.6) is 0 Å². The summed E-state index contributed by atoms with van der Waals surface area (Å²) in [5.74, 6) is 0.289. The van der Waals surface area contributed by atoms with Crippen LogP contribution in [0.2, 0.25) is 0 Å². The van der Waals surface area contributed by atoms with Crippen molar-refractivity contribution in [3.05, 3.63) is 12.7 Å². The van der Waals surface area contributed by atoms with Crippen molar-refractivity contribution >= 4 is 17.9 Å². The molecule has 9 heteroatoms. The summed E-state index contributed by atoms with van der Waals surface area (Å²) in [6.07, 6.45) is 2.40. The first kappa shape index (κ1) is 17.7. The molecule has 0 aromatic carbocycles. The van der Waals surface area contributed by atoms with Gasteiger partial charge in [-0.1, -0.05) is 6.08 Å². The minimum atomic E-state index is -0.776. The summed E-state index contributed by atoms with van der Waals surface area (Å²) in [5, 5.41) is 12.7. The number of ether oxygens (including phenoxy) is 1. The minimum Gasteiger partial charge on any atom is -0.389 e. The number of guanidine groups is 1. The first-order chi connectivity index (χ1) is 12.0. The number of urea groups is 1. The van der Waals surface area contributed by atoms with Gasteiger partial charge in [0, 0.05) is 26.7 Å². The molecule has 25 heavy (non-hydrogen) atoms. The van der Waals surface area contributed by atoms with Gasteiger partial charge in [-0.3, -0.25) is 10.1 Å². The standard InChI is InChI=1S/C16H25N5O4/c1-3-8-25-10-11(22)9-21-12-13(19(2)16(24)18-14(12)23)17-15(21)20-6-4-5-7-20/h3,11-13,22H,1,4-10H2,2H3,(H,18,23,24). The molecule has 0 aliphatic carbocycles. The molecule has 0 aromatic rings. The normalized spacial score (nSPS) is 27.3. The van der Waals surface area contributed by atoms with E-state index in [9.17, 15) is 14.7 Å². The van der Waals surface area contributed by atoms with Gasteiger partial charge >= 0.3 is 6.03 Å². The summed E-state index contributed by atoms with van der Waals surface area (Å²) < 4.78 is 5.30. The molecule has 3 heterocycles. The number of imide groups is 1. The topological polar surface area (TPSA) is 97.7 Å². The van der Waals surface area contributed by atoms with E-state index in [4.69, 9.17) is 4.74 Å². The van der Waals surface area contributed by atoms with Crippen molar-refractivity contribution in [2.24, 2.45) is 4.99 Å². The van der Waals surface area contributed by atoms with Crippen LogP contribution in [0.1, 0.15) is 12.8 Å². The maximum Gasteiger partial charge on any atom is 0.325 e. The number of hydrogen-bond acceptors (Lipinski definition) is 7. The van der Waals surface area contributed by atoms with Crippen molar-refractivity contribution in [3.63, 3.8) is 0 Å². The molecule has 2 saturated heterocycles. The molecule has 3 atom stereocenters. The first-order valence-corrected chi connectivity index (χ1v) is 8.56. The van der Waals surface area contributed by atoms with Gasteiger partial charge in [0.2, 0.25) is 0 Å². The molecule has 0 radical (unpaired) electrons. The average Bonchev–Trinajstić information content (AvgIpc) is 3.21. The Labute approximate surface area is 146 Å². The maximum absolute atomic E-state index is 12.4. The lowest BCUT2D eigenvalue weighted by atomic mass is 10.1. The van der Waals surface area contributed by atoms with E-state index < -0.39 is 24.3 Å². The average molecular weight is 351 g/mol. The summed E-state index contributed by atoms with van der Waals surface area (Å²) in [6.45, 7) is 6.00. The number of β-amino-alcohol motifs (C(OH)–C–C–N with tert-alkyl or cyclic N) is 1. The summed E-state index contributed by atoms with van der Waals surface area (Å²) in [5.41, 5.74) is 0. The van der Waals surface area contributed by atoms with Gasteiger partial charge in [0.15, 0.2) is 18.2 Å². The molecular formula is C16H25N5O4.